The lowest BCUT2D eigenvalue weighted by atomic mass is 10.4. The molecule has 0 atom stereocenters. The Balaban J connectivity index is 2.81. The molecule has 0 aromatic carbocycles. The number of aldehydes is 1. The number of rotatable bonds is 3. The number of hydrogen-bond donors (Lipinski definition) is 4. The van der Waals surface area contributed by atoms with Crippen LogP contribution < -0.4 is 22.1 Å². The number of hydrazine groups is 1. The molecule has 0 saturated carbocycles. The molecule has 1 aromatic rings. The topological polar surface area (TPSA) is 113 Å². The van der Waals surface area contributed by atoms with E-state index < -0.39 is 5.56 Å². The fourth-order valence-electron chi connectivity index (χ4n) is 0.673. The van der Waals surface area contributed by atoms with E-state index in [1.54, 1.807) is 0 Å². The van der Waals surface area contributed by atoms with Crippen LogP contribution in [0.3, 0.4) is 0 Å². The normalized spacial score (nSPS) is 9.14. The summed E-state index contributed by atoms with van der Waals surface area (Å²) in [5.41, 5.74) is 9.33. The summed E-state index contributed by atoms with van der Waals surface area (Å²) in [6.45, 7) is 0. The van der Waals surface area contributed by atoms with Crippen molar-refractivity contribution in [3.63, 3.8) is 0 Å². The smallest absolute Gasteiger partial charge is 0.262 e. The summed E-state index contributed by atoms with van der Waals surface area (Å²) in [6, 6.07) is 0. The predicted molar refractivity (Wildman–Crippen MR) is 53.8 cm³/mol. The van der Waals surface area contributed by atoms with Gasteiger partial charge in [-0.1, -0.05) is 0 Å². The minimum Gasteiger partial charge on any atom is -0.375 e. The first-order valence-corrected chi connectivity index (χ1v) is 3.90. The third kappa shape index (κ3) is 2.52. The molecule has 5 N–H and O–H groups in total. The molecule has 0 saturated heterocycles. The summed E-state index contributed by atoms with van der Waals surface area (Å²) >= 11 is 4.50. The second-order valence-corrected chi connectivity index (χ2v) is 2.69. The molecule has 0 aliphatic carbocycles. The highest BCUT2D eigenvalue weighted by molar-refractivity contribution is 7.80. The molecule has 0 radical (unpaired) electrons. The van der Waals surface area contributed by atoms with Gasteiger partial charge in [0, 0.05) is 6.20 Å². The van der Waals surface area contributed by atoms with Crippen LogP contribution >= 0.6 is 12.2 Å². The number of carbonyl (C=O) groups excluding carboxylic acids is 1. The second-order valence-electron chi connectivity index (χ2n) is 2.25. The van der Waals surface area contributed by atoms with E-state index >= 15 is 0 Å². The maximum Gasteiger partial charge on any atom is 0.262 e. The molecule has 0 fully saturated rings. The Morgan fingerprint density at radius 1 is 1.71 bits per heavy atom. The maximum atomic E-state index is 11.1. The van der Waals surface area contributed by atoms with Gasteiger partial charge in [-0.3, -0.25) is 25.4 Å². The van der Waals surface area contributed by atoms with E-state index in [1.165, 1.54) is 0 Å². The number of nitrogens with two attached hydrogens (primary N) is 1. The average molecular weight is 213 g/mol. The quantitative estimate of drug-likeness (QED) is 0.281. The maximum absolute atomic E-state index is 11.1. The van der Waals surface area contributed by atoms with Crippen LogP contribution in [0.15, 0.2) is 11.0 Å². The van der Waals surface area contributed by atoms with E-state index in [-0.39, 0.29) is 16.6 Å². The number of anilines is 1. The molecule has 14 heavy (non-hydrogen) atoms. The summed E-state index contributed by atoms with van der Waals surface area (Å²) in [5, 5.41) is 0.00659. The monoisotopic (exact) mass is 213 g/mol. The first kappa shape index (κ1) is 10.1. The number of thiocarbonyl (C=S) groups is 1. The van der Waals surface area contributed by atoms with Gasteiger partial charge in [0.2, 0.25) is 5.95 Å². The lowest BCUT2D eigenvalue weighted by molar-refractivity contribution is 0.112. The van der Waals surface area contributed by atoms with Crippen LogP contribution in [0.4, 0.5) is 5.95 Å². The van der Waals surface area contributed by atoms with Crippen molar-refractivity contribution in [1.29, 1.82) is 0 Å². The number of aromatic nitrogens is 2. The number of hydrogen-bond acceptors (Lipinski definition) is 5. The molecule has 0 spiro atoms. The third-order valence-corrected chi connectivity index (χ3v) is 1.36. The van der Waals surface area contributed by atoms with Crippen molar-refractivity contribution in [2.75, 3.05) is 5.43 Å². The van der Waals surface area contributed by atoms with Crippen molar-refractivity contribution in [2.24, 2.45) is 5.73 Å². The van der Waals surface area contributed by atoms with Crippen LogP contribution in [0.2, 0.25) is 0 Å². The largest absolute Gasteiger partial charge is 0.375 e. The lowest BCUT2D eigenvalue weighted by Gasteiger charge is -2.05. The number of aromatic amines is 1. The van der Waals surface area contributed by atoms with Crippen molar-refractivity contribution in [3.05, 3.63) is 22.1 Å². The number of carbonyl (C=O) groups is 1. The highest BCUT2D eigenvalue weighted by atomic mass is 32.1. The second kappa shape index (κ2) is 4.33. The van der Waals surface area contributed by atoms with Gasteiger partial charge in [0.15, 0.2) is 11.4 Å². The van der Waals surface area contributed by atoms with Gasteiger partial charge in [-0.25, -0.2) is 4.98 Å². The average Bonchev–Trinajstić information content (AvgIpc) is 2.15. The third-order valence-electron chi connectivity index (χ3n) is 1.26. The Bertz CT molecular complexity index is 415. The SMILES string of the molecule is NC(=S)NNc1ncc(C=O)c(=O)[nH]1. The standard InChI is InChI=1S/C6H7N5O2S/c7-5(14)10-11-6-8-1-3(2-12)4(13)9-6/h1-2H,(H3,7,10,14)(H2,8,9,11,13). The van der Waals surface area contributed by atoms with Gasteiger partial charge in [-0.15, -0.1) is 0 Å². The van der Waals surface area contributed by atoms with Crippen LogP contribution in [0.5, 0.6) is 0 Å². The van der Waals surface area contributed by atoms with Gasteiger partial charge < -0.3 is 5.73 Å². The lowest BCUT2D eigenvalue weighted by Crippen LogP contribution is -2.35. The minimum absolute atomic E-state index is 0.00659. The predicted octanol–water partition coefficient (Wildman–Crippen LogP) is -1.26. The summed E-state index contributed by atoms with van der Waals surface area (Å²) in [6.07, 6.45) is 1.55. The molecular weight excluding hydrogens is 206 g/mol. The first-order valence-electron chi connectivity index (χ1n) is 3.49. The zero-order valence-electron chi connectivity index (χ0n) is 6.90. The Morgan fingerprint density at radius 3 is 2.93 bits per heavy atom. The van der Waals surface area contributed by atoms with Gasteiger partial charge in [0.05, 0.1) is 5.56 Å². The van der Waals surface area contributed by atoms with Crippen LogP contribution in [-0.4, -0.2) is 21.4 Å². The highest BCUT2D eigenvalue weighted by Gasteiger charge is 1.99. The van der Waals surface area contributed by atoms with Crippen molar-refractivity contribution in [2.45, 2.75) is 0 Å². The van der Waals surface area contributed by atoms with Crippen LogP contribution in [-0.2, 0) is 0 Å². The number of nitrogens with zero attached hydrogens (tertiary/aromatic N) is 1. The molecule has 0 unspecified atom stereocenters. The van der Waals surface area contributed by atoms with E-state index in [1.807, 2.05) is 0 Å². The Labute approximate surface area is 83.7 Å². The molecule has 1 aromatic heterocycles. The van der Waals surface area contributed by atoms with E-state index in [0.29, 0.717) is 6.29 Å². The van der Waals surface area contributed by atoms with Crippen LogP contribution in [0, 0.1) is 0 Å². The molecule has 0 aliphatic rings. The molecule has 7 nitrogen and oxygen atoms in total. The fourth-order valence-corrected chi connectivity index (χ4v) is 0.724. The van der Waals surface area contributed by atoms with Crippen LogP contribution in [0.25, 0.3) is 0 Å². The molecule has 0 amide bonds. The van der Waals surface area contributed by atoms with E-state index in [2.05, 4.69) is 33.0 Å². The summed E-state index contributed by atoms with van der Waals surface area (Å²) < 4.78 is 0. The van der Waals surface area contributed by atoms with E-state index in [4.69, 9.17) is 5.73 Å². The van der Waals surface area contributed by atoms with Gasteiger partial charge in [0.1, 0.15) is 0 Å². The molecule has 74 valence electrons. The highest BCUT2D eigenvalue weighted by Crippen LogP contribution is 1.90. The van der Waals surface area contributed by atoms with Gasteiger partial charge in [-0.2, -0.15) is 0 Å². The summed E-state index contributed by atoms with van der Waals surface area (Å²) in [7, 11) is 0. The van der Waals surface area contributed by atoms with Crippen molar-refractivity contribution < 1.29 is 4.79 Å². The van der Waals surface area contributed by atoms with Gasteiger partial charge in [-0.05, 0) is 12.2 Å². The van der Waals surface area contributed by atoms with Crippen LogP contribution in [0.1, 0.15) is 10.4 Å². The van der Waals surface area contributed by atoms with Crippen molar-refractivity contribution in [3.8, 4) is 0 Å². The molecular formula is C6H7N5O2S. The number of H-pyrrole nitrogens is 1. The van der Waals surface area contributed by atoms with E-state index in [9.17, 15) is 9.59 Å². The Kier molecular flexibility index (Phi) is 3.13. The van der Waals surface area contributed by atoms with Crippen molar-refractivity contribution in [1.82, 2.24) is 15.4 Å². The molecule has 1 rings (SSSR count). The zero-order chi connectivity index (χ0) is 10.6. The molecule has 8 heteroatoms. The summed E-state index contributed by atoms with van der Waals surface area (Å²) in [4.78, 5) is 27.3. The van der Waals surface area contributed by atoms with Gasteiger partial charge in [0.25, 0.3) is 5.56 Å². The molecule has 0 aliphatic heterocycles. The molecule has 0 bridgehead atoms. The summed E-state index contributed by atoms with van der Waals surface area (Å²) in [5.74, 6) is 0.119. The Morgan fingerprint density at radius 2 is 2.43 bits per heavy atom. The van der Waals surface area contributed by atoms with Gasteiger partial charge >= 0.3 is 0 Å². The fraction of sp³-hybridized carbons (Fsp3) is 0. The first-order chi connectivity index (χ1) is 6.63. The zero-order valence-corrected chi connectivity index (χ0v) is 7.72. The number of nitrogens with one attached hydrogen (secondary N) is 3. The molecule has 1 heterocycles. The minimum atomic E-state index is -0.540. The van der Waals surface area contributed by atoms with E-state index in [0.717, 1.165) is 6.20 Å². The Hall–Kier alpha value is -1.96. The van der Waals surface area contributed by atoms with Crippen molar-refractivity contribution >= 4 is 29.6 Å².